The van der Waals surface area contributed by atoms with Gasteiger partial charge in [-0.05, 0) is 38.7 Å². The molecule has 2 heteroatoms. The Hall–Kier alpha value is -0.860. The monoisotopic (exact) mass is 218 g/mol. The Morgan fingerprint density at radius 2 is 1.94 bits per heavy atom. The Bertz CT molecular complexity index is 339. The van der Waals surface area contributed by atoms with Gasteiger partial charge in [0.05, 0.1) is 5.54 Å². The van der Waals surface area contributed by atoms with Crippen LogP contribution in [0.5, 0.6) is 0 Å². The molecule has 2 rings (SSSR count). The first-order chi connectivity index (χ1) is 7.52. The zero-order valence-electron chi connectivity index (χ0n) is 10.3. The highest BCUT2D eigenvalue weighted by molar-refractivity contribution is 5.23. The van der Waals surface area contributed by atoms with Crippen molar-refractivity contribution in [3.05, 3.63) is 35.9 Å². The van der Waals surface area contributed by atoms with Crippen LogP contribution in [0.25, 0.3) is 0 Å². The molecular formula is C14H22N2. The van der Waals surface area contributed by atoms with E-state index in [0.717, 1.165) is 6.54 Å². The maximum atomic E-state index is 6.36. The van der Waals surface area contributed by atoms with Gasteiger partial charge in [-0.1, -0.05) is 30.3 Å². The number of hydrogen-bond acceptors (Lipinski definition) is 2. The first kappa shape index (κ1) is 11.6. The van der Waals surface area contributed by atoms with Crippen molar-refractivity contribution in [3.8, 4) is 0 Å². The number of nitrogens with one attached hydrogen (secondary N) is 1. The summed E-state index contributed by atoms with van der Waals surface area (Å²) in [6.45, 7) is 5.22. The second-order valence-corrected chi connectivity index (χ2v) is 5.55. The summed E-state index contributed by atoms with van der Waals surface area (Å²) in [5.74, 6) is 0. The fourth-order valence-electron chi connectivity index (χ4n) is 2.20. The lowest BCUT2D eigenvalue weighted by Gasteiger charge is -2.42. The minimum absolute atomic E-state index is 0.278. The summed E-state index contributed by atoms with van der Waals surface area (Å²) in [6.07, 6.45) is 3.89. The molecule has 0 aromatic heterocycles. The quantitative estimate of drug-likeness (QED) is 0.814. The van der Waals surface area contributed by atoms with E-state index < -0.39 is 0 Å². The molecule has 2 nitrogen and oxygen atoms in total. The van der Waals surface area contributed by atoms with E-state index >= 15 is 0 Å². The lowest BCUT2D eigenvalue weighted by Crippen LogP contribution is -2.54. The molecule has 1 aromatic rings. The van der Waals surface area contributed by atoms with Gasteiger partial charge in [0.2, 0.25) is 0 Å². The lowest BCUT2D eigenvalue weighted by molar-refractivity contribution is 0.193. The molecule has 0 radical (unpaired) electrons. The van der Waals surface area contributed by atoms with E-state index in [-0.39, 0.29) is 5.54 Å². The summed E-state index contributed by atoms with van der Waals surface area (Å²) in [4.78, 5) is 0. The zero-order valence-corrected chi connectivity index (χ0v) is 10.3. The molecule has 16 heavy (non-hydrogen) atoms. The van der Waals surface area contributed by atoms with Crippen LogP contribution in [0.1, 0.15) is 38.7 Å². The molecule has 1 unspecified atom stereocenters. The molecule has 1 saturated carbocycles. The van der Waals surface area contributed by atoms with Crippen LogP contribution in [0.4, 0.5) is 0 Å². The van der Waals surface area contributed by atoms with Gasteiger partial charge in [-0.2, -0.15) is 0 Å². The standard InChI is InChI=1S/C14H22N2/c1-13(9-6-10-13)16-11-14(2,15)12-7-4-3-5-8-12/h3-5,7-8,16H,6,9-11,15H2,1-2H3. The highest BCUT2D eigenvalue weighted by Crippen LogP contribution is 2.31. The zero-order chi connectivity index (χ0) is 11.6. The van der Waals surface area contributed by atoms with E-state index in [4.69, 9.17) is 5.73 Å². The fraction of sp³-hybridized carbons (Fsp3) is 0.571. The van der Waals surface area contributed by atoms with Gasteiger partial charge in [0.15, 0.2) is 0 Å². The van der Waals surface area contributed by atoms with Gasteiger partial charge in [-0.25, -0.2) is 0 Å². The third kappa shape index (κ3) is 2.45. The van der Waals surface area contributed by atoms with Crippen LogP contribution in [-0.2, 0) is 5.54 Å². The number of rotatable bonds is 4. The molecule has 1 aliphatic carbocycles. The van der Waals surface area contributed by atoms with E-state index in [2.05, 4.69) is 31.3 Å². The topological polar surface area (TPSA) is 38.0 Å². The Morgan fingerprint density at radius 3 is 2.44 bits per heavy atom. The molecule has 88 valence electrons. The third-order valence-electron chi connectivity index (χ3n) is 3.77. The van der Waals surface area contributed by atoms with Crippen molar-refractivity contribution in [2.75, 3.05) is 6.54 Å². The SMILES string of the molecule is CC1(NCC(C)(N)c2ccccc2)CCC1. The summed E-state index contributed by atoms with van der Waals surface area (Å²) >= 11 is 0. The van der Waals surface area contributed by atoms with Crippen LogP contribution >= 0.6 is 0 Å². The van der Waals surface area contributed by atoms with Gasteiger partial charge >= 0.3 is 0 Å². The van der Waals surface area contributed by atoms with Crippen LogP contribution in [0, 0.1) is 0 Å². The van der Waals surface area contributed by atoms with E-state index in [1.807, 2.05) is 18.2 Å². The van der Waals surface area contributed by atoms with Crippen LogP contribution in [0.2, 0.25) is 0 Å². The first-order valence-electron chi connectivity index (χ1n) is 6.11. The average Bonchev–Trinajstić information content (AvgIpc) is 2.25. The third-order valence-corrected chi connectivity index (χ3v) is 3.77. The largest absolute Gasteiger partial charge is 0.321 e. The van der Waals surface area contributed by atoms with E-state index in [1.165, 1.54) is 24.8 Å². The van der Waals surface area contributed by atoms with Crippen LogP contribution in [-0.4, -0.2) is 12.1 Å². The van der Waals surface area contributed by atoms with Gasteiger partial charge in [-0.15, -0.1) is 0 Å². The molecule has 3 N–H and O–H groups in total. The average molecular weight is 218 g/mol. The predicted molar refractivity (Wildman–Crippen MR) is 68.2 cm³/mol. The molecular weight excluding hydrogens is 196 g/mol. The molecule has 0 heterocycles. The normalized spacial score (nSPS) is 22.2. The number of hydrogen-bond donors (Lipinski definition) is 2. The van der Waals surface area contributed by atoms with Crippen LogP contribution in [0.15, 0.2) is 30.3 Å². The summed E-state index contributed by atoms with van der Waals surface area (Å²) in [5, 5.41) is 3.61. The molecule has 0 spiro atoms. The van der Waals surface area contributed by atoms with Crippen molar-refractivity contribution >= 4 is 0 Å². The minimum Gasteiger partial charge on any atom is -0.321 e. The first-order valence-corrected chi connectivity index (χ1v) is 6.11. The van der Waals surface area contributed by atoms with Gasteiger partial charge < -0.3 is 11.1 Å². The van der Waals surface area contributed by atoms with Gasteiger partial charge in [-0.3, -0.25) is 0 Å². The highest BCUT2D eigenvalue weighted by atomic mass is 15.0. The fourth-order valence-corrected chi connectivity index (χ4v) is 2.20. The predicted octanol–water partition coefficient (Wildman–Crippen LogP) is 2.39. The maximum Gasteiger partial charge on any atom is 0.0507 e. The summed E-state index contributed by atoms with van der Waals surface area (Å²) in [5.41, 5.74) is 7.61. The minimum atomic E-state index is -0.278. The summed E-state index contributed by atoms with van der Waals surface area (Å²) in [7, 11) is 0. The van der Waals surface area contributed by atoms with Crippen molar-refractivity contribution in [1.82, 2.24) is 5.32 Å². The molecule has 0 bridgehead atoms. The smallest absolute Gasteiger partial charge is 0.0507 e. The van der Waals surface area contributed by atoms with Crippen LogP contribution < -0.4 is 11.1 Å². The van der Waals surface area contributed by atoms with Gasteiger partial charge in [0.1, 0.15) is 0 Å². The van der Waals surface area contributed by atoms with Crippen molar-refractivity contribution < 1.29 is 0 Å². The molecule has 1 atom stereocenters. The highest BCUT2D eigenvalue weighted by Gasteiger charge is 2.33. The molecule has 1 aromatic carbocycles. The van der Waals surface area contributed by atoms with Crippen molar-refractivity contribution in [3.63, 3.8) is 0 Å². The van der Waals surface area contributed by atoms with E-state index in [9.17, 15) is 0 Å². The Balaban J connectivity index is 1.97. The lowest BCUT2D eigenvalue weighted by atomic mass is 9.78. The Labute approximate surface area is 98.2 Å². The van der Waals surface area contributed by atoms with Crippen LogP contribution in [0.3, 0.4) is 0 Å². The molecule has 1 aliphatic rings. The van der Waals surface area contributed by atoms with Crippen molar-refractivity contribution in [1.29, 1.82) is 0 Å². The van der Waals surface area contributed by atoms with Gasteiger partial charge in [0, 0.05) is 12.1 Å². The van der Waals surface area contributed by atoms with Gasteiger partial charge in [0.25, 0.3) is 0 Å². The molecule has 1 fully saturated rings. The second kappa shape index (κ2) is 4.19. The van der Waals surface area contributed by atoms with Crippen molar-refractivity contribution in [2.45, 2.75) is 44.2 Å². The Kier molecular flexibility index (Phi) is 3.04. The number of nitrogens with two attached hydrogens (primary N) is 1. The second-order valence-electron chi connectivity index (χ2n) is 5.55. The molecule has 0 aliphatic heterocycles. The summed E-state index contributed by atoms with van der Waals surface area (Å²) in [6, 6.07) is 10.3. The molecule has 0 saturated heterocycles. The Morgan fingerprint density at radius 1 is 1.31 bits per heavy atom. The van der Waals surface area contributed by atoms with E-state index in [0.29, 0.717) is 5.54 Å². The van der Waals surface area contributed by atoms with Crippen molar-refractivity contribution in [2.24, 2.45) is 5.73 Å². The number of benzene rings is 1. The maximum absolute atomic E-state index is 6.36. The summed E-state index contributed by atoms with van der Waals surface area (Å²) < 4.78 is 0. The molecule has 0 amide bonds. The van der Waals surface area contributed by atoms with E-state index in [1.54, 1.807) is 0 Å².